The Kier molecular flexibility index (Phi) is 2.80. The van der Waals surface area contributed by atoms with E-state index >= 15 is 0 Å². The maximum atomic E-state index is 12.1. The van der Waals surface area contributed by atoms with E-state index in [0.717, 1.165) is 18.2 Å². The van der Waals surface area contributed by atoms with E-state index in [1.54, 1.807) is 0 Å². The highest BCUT2D eigenvalue weighted by atomic mass is 32.3. The van der Waals surface area contributed by atoms with Crippen molar-refractivity contribution in [2.24, 2.45) is 0 Å². The molecule has 0 fully saturated rings. The van der Waals surface area contributed by atoms with E-state index in [9.17, 15) is 17.1 Å². The fourth-order valence-electron chi connectivity index (χ4n) is 0.909. The quantitative estimate of drug-likeness (QED) is 0.585. The third-order valence-corrected chi connectivity index (χ3v) is 1.76. The molecule has 0 aromatic heterocycles. The van der Waals surface area contributed by atoms with E-state index < -0.39 is 22.2 Å². The van der Waals surface area contributed by atoms with Gasteiger partial charge in [-0.2, -0.15) is 8.42 Å². The fraction of sp³-hybridized carbons (Fsp3) is 0. The third kappa shape index (κ3) is 3.43. The van der Waals surface area contributed by atoms with E-state index in [1.807, 2.05) is 0 Å². The first kappa shape index (κ1) is 11.2. The molecular weight excluding hydrogens is 229 g/mol. The van der Waals surface area contributed by atoms with E-state index in [4.69, 9.17) is 10.8 Å². The number of carbonyl (C=O) groups is 1. The molecule has 6 nitrogen and oxygen atoms in total. The second kappa shape index (κ2) is 3.73. The van der Waals surface area contributed by atoms with Gasteiger partial charge < -0.3 is 15.0 Å². The molecule has 0 aliphatic rings. The molecule has 1 aromatic carbocycles. The Balaban J connectivity index is 3.15. The molecule has 1 aromatic rings. The Morgan fingerprint density at radius 2 is 2.00 bits per heavy atom. The lowest BCUT2D eigenvalue weighted by atomic mass is 10.2. The number of halogens is 1. The maximum Gasteiger partial charge on any atom is 0.488 e. The van der Waals surface area contributed by atoms with Gasteiger partial charge in [-0.3, -0.25) is 0 Å². The Bertz CT molecular complexity index is 498. The van der Waals surface area contributed by atoms with Gasteiger partial charge in [-0.05, 0) is 12.1 Å². The highest BCUT2D eigenvalue weighted by Gasteiger charge is 2.13. The summed E-state index contributed by atoms with van der Waals surface area (Å²) in [6.45, 7) is 0. The van der Waals surface area contributed by atoms with E-state index in [1.165, 1.54) is 0 Å². The molecule has 0 unspecified atom stereocenters. The first-order chi connectivity index (χ1) is 6.78. The van der Waals surface area contributed by atoms with Gasteiger partial charge >= 0.3 is 16.5 Å². The van der Waals surface area contributed by atoms with Crippen LogP contribution in [0.3, 0.4) is 0 Å². The zero-order chi connectivity index (χ0) is 11.6. The van der Waals surface area contributed by atoms with Crippen molar-refractivity contribution >= 4 is 22.2 Å². The number of anilines is 1. The molecule has 3 N–H and O–H groups in total. The molecule has 15 heavy (non-hydrogen) atoms. The molecule has 0 saturated heterocycles. The molecule has 0 amide bonds. The highest BCUT2D eigenvalue weighted by molar-refractivity contribution is 7.81. The number of aromatic carboxylic acids is 1. The maximum absolute atomic E-state index is 12.1. The van der Waals surface area contributed by atoms with Crippen LogP contribution in [-0.2, 0) is 10.5 Å². The van der Waals surface area contributed by atoms with Crippen LogP contribution < -0.4 is 9.92 Å². The minimum absolute atomic E-state index is 0.0476. The number of nitrogens with two attached hydrogens (primary N) is 1. The molecule has 1 rings (SSSR count). The van der Waals surface area contributed by atoms with Crippen LogP contribution >= 0.6 is 0 Å². The van der Waals surface area contributed by atoms with Gasteiger partial charge in [0, 0.05) is 11.8 Å². The number of carboxylic acids is 1. The molecule has 0 heterocycles. The summed E-state index contributed by atoms with van der Waals surface area (Å²) in [5.41, 5.74) is 4.91. The lowest BCUT2D eigenvalue weighted by Crippen LogP contribution is -2.04. The van der Waals surface area contributed by atoms with E-state index in [0.29, 0.717) is 0 Å². The third-order valence-electron chi connectivity index (χ3n) is 1.37. The van der Waals surface area contributed by atoms with Gasteiger partial charge in [0.2, 0.25) is 0 Å². The monoisotopic (exact) mass is 235 g/mol. The van der Waals surface area contributed by atoms with Crippen LogP contribution in [0.15, 0.2) is 18.2 Å². The van der Waals surface area contributed by atoms with Gasteiger partial charge in [0.1, 0.15) is 5.75 Å². The molecule has 8 heteroatoms. The predicted molar refractivity (Wildman–Crippen MR) is 48.5 cm³/mol. The molecular formula is C7H6FNO5S. The van der Waals surface area contributed by atoms with Crippen LogP contribution in [0.25, 0.3) is 0 Å². The molecule has 0 radical (unpaired) electrons. The minimum Gasteiger partial charge on any atom is -0.478 e. The number of nitrogen functional groups attached to an aromatic ring is 1. The number of rotatable bonds is 3. The Hall–Kier alpha value is -1.83. The summed E-state index contributed by atoms with van der Waals surface area (Å²) < 4.78 is 36.2. The van der Waals surface area contributed by atoms with Crippen molar-refractivity contribution in [1.82, 2.24) is 0 Å². The van der Waals surface area contributed by atoms with Crippen molar-refractivity contribution < 1.29 is 26.4 Å². The number of hydrogen-bond donors (Lipinski definition) is 2. The van der Waals surface area contributed by atoms with Gasteiger partial charge in [0.15, 0.2) is 0 Å². The Morgan fingerprint density at radius 1 is 1.40 bits per heavy atom. The number of carboxylic acid groups (broad SMARTS) is 1. The lowest BCUT2D eigenvalue weighted by molar-refractivity contribution is 0.0696. The summed E-state index contributed by atoms with van der Waals surface area (Å²) >= 11 is 0. The summed E-state index contributed by atoms with van der Waals surface area (Å²) in [6, 6.07) is 2.92. The van der Waals surface area contributed by atoms with Crippen molar-refractivity contribution in [1.29, 1.82) is 0 Å². The van der Waals surface area contributed by atoms with Crippen molar-refractivity contribution in [2.75, 3.05) is 5.73 Å². The first-order valence-corrected chi connectivity index (χ1v) is 4.87. The van der Waals surface area contributed by atoms with E-state index in [2.05, 4.69) is 4.18 Å². The highest BCUT2D eigenvalue weighted by Crippen LogP contribution is 2.20. The summed E-state index contributed by atoms with van der Waals surface area (Å²) in [4.78, 5) is 10.5. The molecule has 0 aliphatic carbocycles. The largest absolute Gasteiger partial charge is 0.488 e. The summed E-state index contributed by atoms with van der Waals surface area (Å²) in [7, 11) is -5.18. The van der Waals surface area contributed by atoms with Crippen LogP contribution in [0.4, 0.5) is 9.57 Å². The molecule has 82 valence electrons. The molecule has 0 spiro atoms. The van der Waals surface area contributed by atoms with Crippen LogP contribution in [0.2, 0.25) is 0 Å². The van der Waals surface area contributed by atoms with Gasteiger partial charge in [-0.15, -0.1) is 0 Å². The minimum atomic E-state index is -5.18. The molecule has 0 bridgehead atoms. The average Bonchev–Trinajstić information content (AvgIpc) is 1.99. The zero-order valence-electron chi connectivity index (χ0n) is 7.18. The van der Waals surface area contributed by atoms with Gasteiger partial charge in [-0.25, -0.2) is 4.79 Å². The number of benzene rings is 1. The molecule has 0 saturated carbocycles. The molecule has 0 atom stereocenters. The van der Waals surface area contributed by atoms with Gasteiger partial charge in [-0.1, -0.05) is 3.89 Å². The summed E-state index contributed by atoms with van der Waals surface area (Å²) in [5, 5.41) is 8.58. The van der Waals surface area contributed by atoms with Crippen molar-refractivity contribution in [3.8, 4) is 5.75 Å². The normalized spacial score (nSPS) is 11.0. The smallest absolute Gasteiger partial charge is 0.478 e. The van der Waals surface area contributed by atoms with Crippen LogP contribution in [0.1, 0.15) is 10.4 Å². The van der Waals surface area contributed by atoms with Crippen LogP contribution in [0, 0.1) is 0 Å². The van der Waals surface area contributed by atoms with Crippen molar-refractivity contribution in [3.63, 3.8) is 0 Å². The first-order valence-electron chi connectivity index (χ1n) is 3.56. The second-order valence-corrected chi connectivity index (χ2v) is 3.53. The second-order valence-electron chi connectivity index (χ2n) is 2.57. The van der Waals surface area contributed by atoms with Gasteiger partial charge in [0.05, 0.1) is 5.56 Å². The fourth-order valence-corrected chi connectivity index (χ4v) is 1.23. The van der Waals surface area contributed by atoms with Crippen molar-refractivity contribution in [2.45, 2.75) is 0 Å². The lowest BCUT2D eigenvalue weighted by Gasteiger charge is -2.03. The predicted octanol–water partition coefficient (Wildman–Crippen LogP) is 0.560. The standard InChI is InChI=1S/C7H6FNO5S/c8-15(12,13)14-6-2-4(7(10)11)1-5(9)3-6/h1-3H,9H2,(H,10,11). The summed E-state index contributed by atoms with van der Waals surface area (Å²) in [5.74, 6) is -1.82. The van der Waals surface area contributed by atoms with Gasteiger partial charge in [0.25, 0.3) is 0 Å². The Labute approximate surface area is 84.5 Å². The average molecular weight is 235 g/mol. The Morgan fingerprint density at radius 3 is 2.47 bits per heavy atom. The topological polar surface area (TPSA) is 107 Å². The molecule has 0 aliphatic heterocycles. The van der Waals surface area contributed by atoms with Crippen molar-refractivity contribution in [3.05, 3.63) is 23.8 Å². The van der Waals surface area contributed by atoms with Crippen LogP contribution in [0.5, 0.6) is 5.75 Å². The SMILES string of the molecule is Nc1cc(OS(=O)(=O)F)cc(C(=O)O)c1. The number of hydrogen-bond acceptors (Lipinski definition) is 5. The van der Waals surface area contributed by atoms with Crippen LogP contribution in [-0.4, -0.2) is 19.5 Å². The summed E-state index contributed by atoms with van der Waals surface area (Å²) in [6.07, 6.45) is 0. The zero-order valence-corrected chi connectivity index (χ0v) is 7.99. The van der Waals surface area contributed by atoms with E-state index in [-0.39, 0.29) is 11.3 Å².